The van der Waals surface area contributed by atoms with Gasteiger partial charge in [0.2, 0.25) is 0 Å². The Morgan fingerprint density at radius 3 is 2.35 bits per heavy atom. The zero-order valence-corrected chi connectivity index (χ0v) is 20.4. The van der Waals surface area contributed by atoms with E-state index in [0.717, 1.165) is 0 Å². The molecule has 166 valence electrons. The zero-order valence-electron chi connectivity index (χ0n) is 17.3. The molecule has 2 amide bonds. The molecule has 0 heterocycles. The van der Waals surface area contributed by atoms with Crippen LogP contribution in [0.4, 0.5) is 0 Å². The van der Waals surface area contributed by atoms with E-state index in [1.165, 1.54) is 25.5 Å². The first-order chi connectivity index (χ1) is 14.7. The summed E-state index contributed by atoms with van der Waals surface area (Å²) in [5.74, 6) is -0.0444. The van der Waals surface area contributed by atoms with Gasteiger partial charge in [-0.05, 0) is 46.1 Å². The maximum absolute atomic E-state index is 12.6. The number of hydrogen-bond acceptors (Lipinski definition) is 5. The molecule has 2 aromatic rings. The molecular weight excluding hydrogens is 509 g/mol. The molecule has 0 aromatic heterocycles. The van der Waals surface area contributed by atoms with Gasteiger partial charge in [0.05, 0.1) is 35.5 Å². The SMILES string of the molecule is COc1cc(OC)c(C=NNC(=O)C(NC(=O)c2ccc(Cl)cc2Cl)C(C)C)cc1Br. The number of hydrazone groups is 1. The van der Waals surface area contributed by atoms with E-state index < -0.39 is 17.9 Å². The lowest BCUT2D eigenvalue weighted by Gasteiger charge is -2.20. The van der Waals surface area contributed by atoms with Gasteiger partial charge in [-0.3, -0.25) is 9.59 Å². The van der Waals surface area contributed by atoms with Crippen LogP contribution in [-0.4, -0.2) is 38.3 Å². The normalized spacial score (nSPS) is 12.0. The smallest absolute Gasteiger partial charge is 0.262 e. The molecular formula is C21H22BrCl2N3O4. The quantitative estimate of drug-likeness (QED) is 0.383. The van der Waals surface area contributed by atoms with E-state index in [2.05, 4.69) is 31.8 Å². The van der Waals surface area contributed by atoms with Crippen molar-refractivity contribution in [2.75, 3.05) is 14.2 Å². The molecule has 31 heavy (non-hydrogen) atoms. The second-order valence-corrected chi connectivity index (χ2v) is 8.48. The molecule has 0 radical (unpaired) electrons. The Kier molecular flexibility index (Phi) is 9.15. The lowest BCUT2D eigenvalue weighted by Crippen LogP contribution is -2.48. The summed E-state index contributed by atoms with van der Waals surface area (Å²) in [6.07, 6.45) is 1.44. The van der Waals surface area contributed by atoms with Crippen LogP contribution < -0.4 is 20.2 Å². The molecule has 0 aliphatic heterocycles. The average Bonchev–Trinajstić information content (AvgIpc) is 2.71. The summed E-state index contributed by atoms with van der Waals surface area (Å²) in [6.45, 7) is 3.61. The molecule has 0 fully saturated rings. The number of methoxy groups -OCH3 is 2. The Bertz CT molecular complexity index is 999. The van der Waals surface area contributed by atoms with Crippen LogP contribution in [-0.2, 0) is 4.79 Å². The third-order valence-corrected chi connectivity index (χ3v) is 5.46. The van der Waals surface area contributed by atoms with Gasteiger partial charge in [0.25, 0.3) is 11.8 Å². The molecule has 10 heteroatoms. The van der Waals surface area contributed by atoms with Crippen molar-refractivity contribution in [1.29, 1.82) is 0 Å². The van der Waals surface area contributed by atoms with Gasteiger partial charge in [-0.2, -0.15) is 5.10 Å². The Morgan fingerprint density at radius 2 is 1.77 bits per heavy atom. The summed E-state index contributed by atoms with van der Waals surface area (Å²) < 4.78 is 11.3. The first kappa shape index (κ1) is 25.0. The highest BCUT2D eigenvalue weighted by molar-refractivity contribution is 9.10. The molecule has 1 atom stereocenters. The van der Waals surface area contributed by atoms with E-state index in [0.29, 0.717) is 26.6 Å². The number of carbonyl (C=O) groups excluding carboxylic acids is 2. The highest BCUT2D eigenvalue weighted by Crippen LogP contribution is 2.32. The predicted molar refractivity (Wildman–Crippen MR) is 126 cm³/mol. The van der Waals surface area contributed by atoms with Crippen LogP contribution >= 0.6 is 39.1 Å². The van der Waals surface area contributed by atoms with E-state index >= 15 is 0 Å². The van der Waals surface area contributed by atoms with Crippen LogP contribution in [0.2, 0.25) is 10.0 Å². The molecule has 0 aliphatic rings. The minimum Gasteiger partial charge on any atom is -0.496 e. The van der Waals surface area contributed by atoms with Gasteiger partial charge in [0, 0.05) is 16.7 Å². The van der Waals surface area contributed by atoms with Crippen molar-refractivity contribution in [1.82, 2.24) is 10.7 Å². The molecule has 2 aromatic carbocycles. The number of rotatable bonds is 8. The first-order valence-corrected chi connectivity index (χ1v) is 10.7. The molecule has 0 bridgehead atoms. The summed E-state index contributed by atoms with van der Waals surface area (Å²) in [7, 11) is 3.07. The predicted octanol–water partition coefficient (Wildman–Crippen LogP) is 4.68. The van der Waals surface area contributed by atoms with Crippen LogP contribution in [0.25, 0.3) is 0 Å². The number of nitrogens with zero attached hydrogens (tertiary/aromatic N) is 1. The van der Waals surface area contributed by atoms with Gasteiger partial charge in [0.1, 0.15) is 17.5 Å². The van der Waals surface area contributed by atoms with Crippen molar-refractivity contribution >= 4 is 57.2 Å². The van der Waals surface area contributed by atoms with Gasteiger partial charge >= 0.3 is 0 Å². The standard InChI is InChI=1S/C21H22BrCl2N3O4/c1-11(2)19(26-20(28)14-6-5-13(23)8-16(14)24)21(29)27-25-10-12-7-15(22)18(31-4)9-17(12)30-3/h5-11,19H,1-4H3,(H,26,28)(H,27,29). The van der Waals surface area contributed by atoms with Gasteiger partial charge in [-0.25, -0.2) is 5.43 Å². The second kappa shape index (κ2) is 11.4. The maximum atomic E-state index is 12.6. The van der Waals surface area contributed by atoms with Crippen LogP contribution in [0.3, 0.4) is 0 Å². The van der Waals surface area contributed by atoms with Crippen molar-refractivity contribution < 1.29 is 19.1 Å². The summed E-state index contributed by atoms with van der Waals surface area (Å²) in [4.78, 5) is 25.2. The fourth-order valence-corrected chi connectivity index (χ4v) is 3.66. The third kappa shape index (κ3) is 6.59. The summed E-state index contributed by atoms with van der Waals surface area (Å²) >= 11 is 15.4. The maximum Gasteiger partial charge on any atom is 0.262 e. The Labute approximate surface area is 199 Å². The highest BCUT2D eigenvalue weighted by atomic mass is 79.9. The summed E-state index contributed by atoms with van der Waals surface area (Å²) in [5.41, 5.74) is 3.29. The van der Waals surface area contributed by atoms with E-state index in [1.807, 2.05) is 0 Å². The van der Waals surface area contributed by atoms with Crippen molar-refractivity contribution in [2.45, 2.75) is 19.9 Å². The Hall–Kier alpha value is -2.29. The summed E-state index contributed by atoms with van der Waals surface area (Å²) in [6, 6.07) is 7.13. The van der Waals surface area contributed by atoms with Crippen LogP contribution in [0.1, 0.15) is 29.8 Å². The molecule has 2 rings (SSSR count). The molecule has 0 aliphatic carbocycles. The van der Waals surface area contributed by atoms with Crippen molar-refractivity contribution in [2.24, 2.45) is 11.0 Å². The Morgan fingerprint density at radius 1 is 1.10 bits per heavy atom. The van der Waals surface area contributed by atoms with Crippen LogP contribution in [0.15, 0.2) is 39.9 Å². The van der Waals surface area contributed by atoms with Crippen molar-refractivity contribution in [3.63, 3.8) is 0 Å². The van der Waals surface area contributed by atoms with Gasteiger partial charge in [0.15, 0.2) is 0 Å². The van der Waals surface area contributed by atoms with Crippen LogP contribution in [0, 0.1) is 5.92 Å². The average molecular weight is 531 g/mol. The first-order valence-electron chi connectivity index (χ1n) is 9.18. The molecule has 2 N–H and O–H groups in total. The molecule has 0 saturated carbocycles. The fourth-order valence-electron chi connectivity index (χ4n) is 2.65. The number of nitrogens with one attached hydrogen (secondary N) is 2. The minimum atomic E-state index is -0.833. The number of amides is 2. The fraction of sp³-hybridized carbons (Fsp3) is 0.286. The van der Waals surface area contributed by atoms with E-state index in [9.17, 15) is 9.59 Å². The lowest BCUT2D eigenvalue weighted by molar-refractivity contribution is -0.123. The Balaban J connectivity index is 2.12. The van der Waals surface area contributed by atoms with Gasteiger partial charge < -0.3 is 14.8 Å². The number of carbonyl (C=O) groups is 2. The van der Waals surface area contributed by atoms with E-state index in [-0.39, 0.29) is 16.5 Å². The van der Waals surface area contributed by atoms with Crippen LogP contribution in [0.5, 0.6) is 11.5 Å². The number of hydrogen-bond donors (Lipinski definition) is 2. The van der Waals surface area contributed by atoms with Gasteiger partial charge in [-0.1, -0.05) is 37.0 Å². The minimum absolute atomic E-state index is 0.197. The van der Waals surface area contributed by atoms with E-state index in [1.54, 1.807) is 39.2 Å². The number of benzene rings is 2. The monoisotopic (exact) mass is 529 g/mol. The number of halogens is 3. The molecule has 0 spiro atoms. The molecule has 1 unspecified atom stereocenters. The van der Waals surface area contributed by atoms with Crippen molar-refractivity contribution in [3.05, 3.63) is 56.0 Å². The second-order valence-electron chi connectivity index (χ2n) is 6.78. The third-order valence-electron chi connectivity index (χ3n) is 4.29. The summed E-state index contributed by atoms with van der Waals surface area (Å²) in [5, 5.41) is 7.29. The van der Waals surface area contributed by atoms with Gasteiger partial charge in [-0.15, -0.1) is 0 Å². The largest absolute Gasteiger partial charge is 0.496 e. The molecule has 7 nitrogen and oxygen atoms in total. The number of ether oxygens (including phenoxy) is 2. The zero-order chi connectivity index (χ0) is 23.1. The topological polar surface area (TPSA) is 89.0 Å². The van der Waals surface area contributed by atoms with Crippen molar-refractivity contribution in [3.8, 4) is 11.5 Å². The molecule has 0 saturated heterocycles. The highest BCUT2D eigenvalue weighted by Gasteiger charge is 2.25. The van der Waals surface area contributed by atoms with E-state index in [4.69, 9.17) is 32.7 Å². The lowest BCUT2D eigenvalue weighted by atomic mass is 10.0.